The number of aromatic amines is 1. The summed E-state index contributed by atoms with van der Waals surface area (Å²) in [6, 6.07) is 17.5. The van der Waals surface area contributed by atoms with Crippen molar-refractivity contribution >= 4 is 16.9 Å². The third-order valence-corrected chi connectivity index (χ3v) is 4.23. The van der Waals surface area contributed by atoms with Crippen LogP contribution in [0.3, 0.4) is 0 Å². The number of hydrogen-bond donors (Lipinski definition) is 2. The van der Waals surface area contributed by atoms with E-state index in [4.69, 9.17) is 0 Å². The number of benzene rings is 2. The number of carbonyl (C=O) groups is 1. The van der Waals surface area contributed by atoms with Crippen molar-refractivity contribution in [2.24, 2.45) is 0 Å². The first-order valence-corrected chi connectivity index (χ1v) is 7.79. The van der Waals surface area contributed by atoms with Crippen LogP contribution >= 0.6 is 0 Å². The number of rotatable bonds is 4. The Morgan fingerprint density at radius 3 is 2.43 bits per heavy atom. The van der Waals surface area contributed by atoms with E-state index >= 15 is 0 Å². The zero-order valence-corrected chi connectivity index (χ0v) is 13.6. The lowest BCUT2D eigenvalue weighted by molar-refractivity contribution is -0.126. The average molecular weight is 307 g/mol. The molecule has 3 rings (SSSR count). The highest BCUT2D eigenvalue weighted by atomic mass is 16.2. The lowest BCUT2D eigenvalue weighted by Crippen LogP contribution is -2.41. The molecule has 3 aromatic rings. The van der Waals surface area contributed by atoms with Gasteiger partial charge in [0.2, 0.25) is 5.91 Å². The van der Waals surface area contributed by atoms with Crippen molar-refractivity contribution in [3.8, 4) is 0 Å². The third kappa shape index (κ3) is 2.97. The van der Waals surface area contributed by atoms with E-state index in [-0.39, 0.29) is 11.9 Å². The molecule has 0 saturated carbocycles. The number of imidazole rings is 1. The minimum absolute atomic E-state index is 0.0170. The first-order chi connectivity index (χ1) is 11.0. The Morgan fingerprint density at radius 1 is 1.09 bits per heavy atom. The fourth-order valence-electron chi connectivity index (χ4n) is 2.61. The molecule has 23 heavy (non-hydrogen) atoms. The van der Waals surface area contributed by atoms with Gasteiger partial charge in [-0.05, 0) is 38.5 Å². The van der Waals surface area contributed by atoms with E-state index < -0.39 is 5.41 Å². The molecule has 1 amide bonds. The average Bonchev–Trinajstić information content (AvgIpc) is 2.99. The minimum Gasteiger partial charge on any atom is -0.346 e. The monoisotopic (exact) mass is 307 g/mol. The molecule has 0 radical (unpaired) electrons. The van der Waals surface area contributed by atoms with E-state index in [1.54, 1.807) is 0 Å². The summed E-state index contributed by atoms with van der Waals surface area (Å²) in [5, 5.41) is 3.06. The molecule has 2 N–H and O–H groups in total. The molecule has 0 aliphatic heterocycles. The lowest BCUT2D eigenvalue weighted by Gasteiger charge is -2.26. The summed E-state index contributed by atoms with van der Waals surface area (Å²) in [4.78, 5) is 20.5. The van der Waals surface area contributed by atoms with Gasteiger partial charge >= 0.3 is 0 Å². The van der Waals surface area contributed by atoms with Gasteiger partial charge in [-0.15, -0.1) is 0 Å². The van der Waals surface area contributed by atoms with Gasteiger partial charge < -0.3 is 10.3 Å². The number of nitrogens with one attached hydrogen (secondary N) is 2. The van der Waals surface area contributed by atoms with E-state index in [0.29, 0.717) is 0 Å². The topological polar surface area (TPSA) is 57.8 Å². The number of aromatic nitrogens is 2. The van der Waals surface area contributed by atoms with Gasteiger partial charge in [0.1, 0.15) is 5.82 Å². The summed E-state index contributed by atoms with van der Waals surface area (Å²) < 4.78 is 0. The van der Waals surface area contributed by atoms with Crippen LogP contribution < -0.4 is 5.32 Å². The standard InChI is InChI=1S/C19H21N3O/c1-13(17-21-15-11-7-8-12-16(15)22-17)20-18(23)19(2,3)14-9-5-4-6-10-14/h4-13H,1-3H3,(H,20,23)(H,21,22). The maximum Gasteiger partial charge on any atom is 0.230 e. The molecule has 1 heterocycles. The van der Waals surface area contributed by atoms with Gasteiger partial charge in [-0.1, -0.05) is 42.5 Å². The summed E-state index contributed by atoms with van der Waals surface area (Å²) >= 11 is 0. The summed E-state index contributed by atoms with van der Waals surface area (Å²) in [6.45, 7) is 5.81. The highest BCUT2D eigenvalue weighted by molar-refractivity contribution is 5.87. The molecule has 118 valence electrons. The van der Waals surface area contributed by atoms with Crippen LogP contribution in [-0.2, 0) is 10.2 Å². The van der Waals surface area contributed by atoms with Gasteiger partial charge in [-0.25, -0.2) is 4.98 Å². The molecule has 1 unspecified atom stereocenters. The fraction of sp³-hybridized carbons (Fsp3) is 0.263. The summed E-state index contributed by atoms with van der Waals surface area (Å²) in [6.07, 6.45) is 0. The van der Waals surface area contributed by atoms with Crippen molar-refractivity contribution in [2.45, 2.75) is 32.2 Å². The van der Waals surface area contributed by atoms with Crippen LogP contribution in [0.5, 0.6) is 0 Å². The highest BCUT2D eigenvalue weighted by Crippen LogP contribution is 2.24. The predicted molar refractivity (Wildman–Crippen MR) is 92.1 cm³/mol. The van der Waals surface area contributed by atoms with Gasteiger partial charge in [0, 0.05) is 0 Å². The SMILES string of the molecule is CC(NC(=O)C(C)(C)c1ccccc1)c1nc2ccccc2[nH]1. The molecule has 2 aromatic carbocycles. The number of nitrogens with zero attached hydrogens (tertiary/aromatic N) is 1. The van der Waals surface area contributed by atoms with Gasteiger partial charge in [-0.3, -0.25) is 4.79 Å². The molecule has 1 atom stereocenters. The second kappa shape index (κ2) is 5.88. The van der Waals surface area contributed by atoms with E-state index in [9.17, 15) is 4.79 Å². The fourth-order valence-corrected chi connectivity index (χ4v) is 2.61. The van der Waals surface area contributed by atoms with E-state index in [1.807, 2.05) is 75.4 Å². The molecule has 1 aromatic heterocycles. The van der Waals surface area contributed by atoms with E-state index in [0.717, 1.165) is 22.4 Å². The number of carbonyl (C=O) groups excluding carboxylic acids is 1. The Labute approximate surface area is 136 Å². The largest absolute Gasteiger partial charge is 0.346 e. The summed E-state index contributed by atoms with van der Waals surface area (Å²) in [5.74, 6) is 0.750. The molecule has 0 aliphatic rings. The van der Waals surface area contributed by atoms with Crippen molar-refractivity contribution in [3.05, 3.63) is 66.0 Å². The Morgan fingerprint density at radius 2 is 1.74 bits per heavy atom. The number of H-pyrrole nitrogens is 1. The van der Waals surface area contributed by atoms with Gasteiger partial charge in [0.05, 0.1) is 22.5 Å². The van der Waals surface area contributed by atoms with Crippen molar-refractivity contribution in [1.82, 2.24) is 15.3 Å². The van der Waals surface area contributed by atoms with Crippen molar-refractivity contribution in [2.75, 3.05) is 0 Å². The second-order valence-electron chi connectivity index (χ2n) is 6.33. The molecule has 0 saturated heterocycles. The van der Waals surface area contributed by atoms with Crippen LogP contribution in [0, 0.1) is 0 Å². The Balaban J connectivity index is 1.79. The highest BCUT2D eigenvalue weighted by Gasteiger charge is 2.31. The van der Waals surface area contributed by atoms with Gasteiger partial charge in [0.25, 0.3) is 0 Å². The number of amides is 1. The summed E-state index contributed by atoms with van der Waals surface area (Å²) in [7, 11) is 0. The normalized spacial score (nSPS) is 13.0. The molecule has 4 nitrogen and oxygen atoms in total. The second-order valence-corrected chi connectivity index (χ2v) is 6.33. The van der Waals surface area contributed by atoms with Gasteiger partial charge in [-0.2, -0.15) is 0 Å². The number of hydrogen-bond acceptors (Lipinski definition) is 2. The smallest absolute Gasteiger partial charge is 0.230 e. The van der Waals surface area contributed by atoms with Crippen molar-refractivity contribution in [3.63, 3.8) is 0 Å². The van der Waals surface area contributed by atoms with Crippen LogP contribution in [0.15, 0.2) is 54.6 Å². The Kier molecular flexibility index (Phi) is 3.90. The maximum absolute atomic E-state index is 12.7. The Bertz CT molecular complexity index is 788. The first-order valence-electron chi connectivity index (χ1n) is 7.79. The molecular formula is C19H21N3O. The molecule has 0 bridgehead atoms. The summed E-state index contributed by atoms with van der Waals surface area (Å²) in [5.41, 5.74) is 2.28. The van der Waals surface area contributed by atoms with Crippen LogP contribution in [0.4, 0.5) is 0 Å². The third-order valence-electron chi connectivity index (χ3n) is 4.23. The quantitative estimate of drug-likeness (QED) is 0.772. The van der Waals surface area contributed by atoms with E-state index in [2.05, 4.69) is 15.3 Å². The van der Waals surface area contributed by atoms with Crippen molar-refractivity contribution < 1.29 is 4.79 Å². The molecule has 0 spiro atoms. The molecule has 0 fully saturated rings. The van der Waals surface area contributed by atoms with Crippen LogP contribution in [0.25, 0.3) is 11.0 Å². The number of para-hydroxylation sites is 2. The Hall–Kier alpha value is -2.62. The first kappa shape index (κ1) is 15.3. The van der Waals surface area contributed by atoms with Crippen LogP contribution in [0.2, 0.25) is 0 Å². The zero-order valence-electron chi connectivity index (χ0n) is 13.6. The molecular weight excluding hydrogens is 286 g/mol. The van der Waals surface area contributed by atoms with Crippen LogP contribution in [-0.4, -0.2) is 15.9 Å². The van der Waals surface area contributed by atoms with Crippen molar-refractivity contribution in [1.29, 1.82) is 0 Å². The van der Waals surface area contributed by atoms with Gasteiger partial charge in [0.15, 0.2) is 0 Å². The molecule has 4 heteroatoms. The predicted octanol–water partition coefficient (Wildman–Crippen LogP) is 3.72. The minimum atomic E-state index is -0.596. The number of fused-ring (bicyclic) bond motifs is 1. The van der Waals surface area contributed by atoms with E-state index in [1.165, 1.54) is 0 Å². The maximum atomic E-state index is 12.7. The molecule has 0 aliphatic carbocycles. The van der Waals surface area contributed by atoms with Crippen LogP contribution in [0.1, 0.15) is 38.2 Å². The zero-order chi connectivity index (χ0) is 16.4. The lowest BCUT2D eigenvalue weighted by atomic mass is 9.83.